The first kappa shape index (κ1) is 23.2. The van der Waals surface area contributed by atoms with Crippen LogP contribution in [0.15, 0.2) is 35.5 Å². The molecule has 0 spiro atoms. The van der Waals surface area contributed by atoms with Gasteiger partial charge in [-0.15, -0.1) is 10.2 Å². The Morgan fingerprint density at radius 3 is 2.76 bits per heavy atom. The largest absolute Gasteiger partial charge is 0.496 e. The number of anilines is 1. The number of nitrogens with two attached hydrogens (primary N) is 1. The van der Waals surface area contributed by atoms with Crippen LogP contribution in [0.4, 0.5) is 24.1 Å². The van der Waals surface area contributed by atoms with Crippen LogP contribution in [0.2, 0.25) is 0 Å². The molecule has 0 saturated heterocycles. The summed E-state index contributed by atoms with van der Waals surface area (Å²) in [5.74, 6) is 5.93. The third-order valence-electron chi connectivity index (χ3n) is 4.76. The summed E-state index contributed by atoms with van der Waals surface area (Å²) >= 11 is 1.09. The van der Waals surface area contributed by atoms with E-state index in [-0.39, 0.29) is 33.4 Å². The van der Waals surface area contributed by atoms with Crippen molar-refractivity contribution in [2.75, 3.05) is 12.4 Å². The molecule has 4 rings (SSSR count). The highest BCUT2D eigenvalue weighted by Gasteiger charge is 2.32. The van der Waals surface area contributed by atoms with Crippen molar-refractivity contribution in [1.82, 2.24) is 15.2 Å². The molecule has 1 saturated carbocycles. The number of ether oxygens (including phenoxy) is 1. The highest BCUT2D eigenvalue weighted by atomic mass is 32.1. The van der Waals surface area contributed by atoms with Gasteiger partial charge in [0, 0.05) is 23.2 Å². The van der Waals surface area contributed by atoms with Crippen LogP contribution in [-0.4, -0.2) is 34.5 Å². The second kappa shape index (κ2) is 9.48. The van der Waals surface area contributed by atoms with E-state index in [2.05, 4.69) is 37.3 Å². The Bertz CT molecular complexity index is 1320. The van der Waals surface area contributed by atoms with E-state index in [0.717, 1.165) is 42.6 Å². The number of alkyl halides is 3. The van der Waals surface area contributed by atoms with Crippen LogP contribution in [0, 0.1) is 17.8 Å². The molecule has 0 radical (unpaired) electrons. The van der Waals surface area contributed by atoms with Gasteiger partial charge in [0.2, 0.25) is 5.13 Å². The van der Waals surface area contributed by atoms with Gasteiger partial charge < -0.3 is 10.5 Å². The van der Waals surface area contributed by atoms with Crippen LogP contribution >= 0.6 is 11.3 Å². The van der Waals surface area contributed by atoms with E-state index < -0.39 is 17.6 Å². The molecule has 3 N–H and O–H groups in total. The van der Waals surface area contributed by atoms with Crippen molar-refractivity contribution in [3.63, 3.8) is 0 Å². The molecule has 8 nitrogen and oxygen atoms in total. The number of halogens is 3. The predicted molar refractivity (Wildman–Crippen MR) is 121 cm³/mol. The molecular weight excluding hydrogens is 469 g/mol. The zero-order valence-electron chi connectivity index (χ0n) is 17.7. The third-order valence-corrected chi connectivity index (χ3v) is 5.52. The number of hydrogen-bond acceptors (Lipinski definition) is 7. The molecule has 1 aromatic carbocycles. The number of hydrogen-bond donors (Lipinski definition) is 2. The van der Waals surface area contributed by atoms with Gasteiger partial charge in [-0.05, 0) is 43.0 Å². The maximum absolute atomic E-state index is 13.4. The van der Waals surface area contributed by atoms with Crippen LogP contribution in [0.5, 0.6) is 5.75 Å². The first-order valence-corrected chi connectivity index (χ1v) is 10.8. The summed E-state index contributed by atoms with van der Waals surface area (Å²) in [5, 5.41) is 11.1. The van der Waals surface area contributed by atoms with E-state index in [9.17, 15) is 18.0 Å². The Morgan fingerprint density at radius 1 is 1.29 bits per heavy atom. The lowest BCUT2D eigenvalue weighted by Gasteiger charge is -2.15. The highest BCUT2D eigenvalue weighted by molar-refractivity contribution is 7.15. The van der Waals surface area contributed by atoms with Gasteiger partial charge in [0.1, 0.15) is 5.75 Å². The number of nitrogens with one attached hydrogen (secondary N) is 1. The molecule has 34 heavy (non-hydrogen) atoms. The number of aromatic nitrogens is 3. The van der Waals surface area contributed by atoms with Crippen LogP contribution in [-0.2, 0) is 6.18 Å². The molecule has 1 fully saturated rings. The average Bonchev–Trinajstić information content (AvgIpc) is 3.54. The predicted octanol–water partition coefficient (Wildman–Crippen LogP) is 4.26. The number of rotatable bonds is 5. The quantitative estimate of drug-likeness (QED) is 0.316. The molecule has 174 valence electrons. The number of carbonyl (C=O) groups excluding carboxylic acids is 1. The fourth-order valence-electron chi connectivity index (χ4n) is 2.97. The Balaban J connectivity index is 1.73. The van der Waals surface area contributed by atoms with Gasteiger partial charge in [-0.2, -0.15) is 13.2 Å². The standard InChI is InChI=1S/C22H17F3N6O2S/c1-33-17-6-5-13(22(23,24)25)8-14(17)16-10-27-18(28-11-26)9-15(16)20(32)29-21-31-30-19(34-21)7-4-12-2-3-12/h5-6,8-12H,2-3H2,1H3,(H2,26,27,28)(H,29,31,32). The van der Waals surface area contributed by atoms with E-state index in [0.29, 0.717) is 10.9 Å². The molecule has 2 aromatic heterocycles. The van der Waals surface area contributed by atoms with Crippen LogP contribution in [0.1, 0.15) is 33.8 Å². The lowest BCUT2D eigenvalue weighted by Crippen LogP contribution is -2.14. The van der Waals surface area contributed by atoms with E-state index in [1.54, 1.807) is 0 Å². The summed E-state index contributed by atoms with van der Waals surface area (Å²) in [6, 6.07) is 4.28. The number of methoxy groups -OCH3 is 1. The fourth-order valence-corrected chi connectivity index (χ4v) is 3.57. The van der Waals surface area contributed by atoms with Crippen LogP contribution < -0.4 is 15.8 Å². The number of aliphatic imine (C=N–C) groups is 1. The highest BCUT2D eigenvalue weighted by Crippen LogP contribution is 2.39. The number of carbonyl (C=O) groups is 1. The average molecular weight is 486 g/mol. The number of benzene rings is 1. The number of nitrogens with zero attached hydrogens (tertiary/aromatic N) is 4. The fraction of sp³-hybridized carbons (Fsp3) is 0.227. The third kappa shape index (κ3) is 5.32. The van der Waals surface area contributed by atoms with E-state index in [4.69, 9.17) is 10.5 Å². The molecule has 1 amide bonds. The van der Waals surface area contributed by atoms with Gasteiger partial charge in [0.15, 0.2) is 10.8 Å². The zero-order chi connectivity index (χ0) is 24.3. The topological polar surface area (TPSA) is 115 Å². The SMILES string of the molecule is COc1ccc(C(F)(F)F)cc1-c1cnc(N=CN)cc1C(=O)Nc1nnc(C#CC2CC2)s1. The minimum atomic E-state index is -4.59. The van der Waals surface area contributed by atoms with Gasteiger partial charge in [-0.25, -0.2) is 9.98 Å². The van der Waals surface area contributed by atoms with Gasteiger partial charge in [0.25, 0.3) is 5.91 Å². The smallest absolute Gasteiger partial charge is 0.416 e. The Kier molecular flexibility index (Phi) is 6.47. The second-order valence-corrected chi connectivity index (χ2v) is 8.17. The van der Waals surface area contributed by atoms with E-state index in [1.165, 1.54) is 25.4 Å². The monoisotopic (exact) mass is 486 g/mol. The Morgan fingerprint density at radius 2 is 2.09 bits per heavy atom. The first-order valence-electron chi connectivity index (χ1n) is 9.95. The first-order chi connectivity index (χ1) is 16.3. The lowest BCUT2D eigenvalue weighted by atomic mass is 9.98. The van der Waals surface area contributed by atoms with Gasteiger partial charge in [0.05, 0.1) is 24.6 Å². The molecule has 2 heterocycles. The molecule has 3 aromatic rings. The molecule has 12 heteroatoms. The summed E-state index contributed by atoms with van der Waals surface area (Å²) in [5.41, 5.74) is 4.56. The molecule has 0 atom stereocenters. The summed E-state index contributed by atoms with van der Waals surface area (Å²) in [4.78, 5) is 21.1. The van der Waals surface area contributed by atoms with Crippen molar-refractivity contribution < 1.29 is 22.7 Å². The maximum Gasteiger partial charge on any atom is 0.416 e. The van der Waals surface area contributed by atoms with E-state index >= 15 is 0 Å². The molecule has 1 aliphatic carbocycles. The van der Waals surface area contributed by atoms with Crippen molar-refractivity contribution >= 4 is 34.5 Å². The normalized spacial score (nSPS) is 13.4. The van der Waals surface area contributed by atoms with Gasteiger partial charge >= 0.3 is 6.18 Å². The molecule has 0 unspecified atom stereocenters. The summed E-state index contributed by atoms with van der Waals surface area (Å²) in [6.45, 7) is 0. The van der Waals surface area contributed by atoms with Crippen molar-refractivity contribution in [2.24, 2.45) is 16.6 Å². The number of amides is 1. The van der Waals surface area contributed by atoms with Crippen molar-refractivity contribution in [3.8, 4) is 28.7 Å². The Labute approximate surface area is 196 Å². The molecule has 0 aliphatic heterocycles. The van der Waals surface area contributed by atoms with E-state index in [1.807, 2.05) is 0 Å². The minimum Gasteiger partial charge on any atom is -0.496 e. The van der Waals surface area contributed by atoms with Crippen molar-refractivity contribution in [1.29, 1.82) is 0 Å². The summed E-state index contributed by atoms with van der Waals surface area (Å²) in [7, 11) is 1.32. The molecule has 0 bridgehead atoms. The van der Waals surface area contributed by atoms with Crippen molar-refractivity contribution in [2.45, 2.75) is 19.0 Å². The molecular formula is C22H17F3N6O2S. The number of pyridine rings is 1. The summed E-state index contributed by atoms with van der Waals surface area (Å²) in [6.07, 6.45) is -0.239. The van der Waals surface area contributed by atoms with Crippen LogP contribution in [0.3, 0.4) is 0 Å². The summed E-state index contributed by atoms with van der Waals surface area (Å²) < 4.78 is 45.3. The maximum atomic E-state index is 13.4. The second-order valence-electron chi connectivity index (χ2n) is 7.19. The van der Waals surface area contributed by atoms with Gasteiger partial charge in [-0.1, -0.05) is 17.3 Å². The van der Waals surface area contributed by atoms with Gasteiger partial charge in [-0.3, -0.25) is 10.1 Å². The lowest BCUT2D eigenvalue weighted by molar-refractivity contribution is -0.137. The zero-order valence-corrected chi connectivity index (χ0v) is 18.5. The van der Waals surface area contributed by atoms with Crippen molar-refractivity contribution in [3.05, 3.63) is 46.6 Å². The minimum absolute atomic E-state index is 0.00552. The Hall–Kier alpha value is -3.98. The van der Waals surface area contributed by atoms with Crippen LogP contribution in [0.25, 0.3) is 11.1 Å². The molecule has 1 aliphatic rings.